The molecule has 0 atom stereocenters. The second-order valence-electron chi connectivity index (χ2n) is 7.14. The Morgan fingerprint density at radius 2 is 2.15 bits per heavy atom. The average molecular weight is 394 g/mol. The van der Waals surface area contributed by atoms with Crippen LogP contribution >= 0.6 is 11.3 Å². The van der Waals surface area contributed by atoms with Crippen LogP contribution in [0.4, 0.5) is 5.13 Å². The van der Waals surface area contributed by atoms with Gasteiger partial charge in [0.05, 0.1) is 6.10 Å². The summed E-state index contributed by atoms with van der Waals surface area (Å²) in [5.74, 6) is 0.154. The standard InChI is InChI=1S/C18H27N5O3S/c1-12(2)26-10-4-7-19-16(25)14-5-8-22(9-6-14)18-21-23-15(24)11-13(3)20-17(23)27-18/h11-12,14H,4-10H2,1-3H3,(H,19,25). The fourth-order valence-electron chi connectivity index (χ4n) is 3.12. The monoisotopic (exact) mass is 393 g/mol. The van der Waals surface area contributed by atoms with Gasteiger partial charge in [0.2, 0.25) is 16.0 Å². The molecule has 0 aromatic carbocycles. The number of amides is 1. The van der Waals surface area contributed by atoms with E-state index in [4.69, 9.17) is 4.74 Å². The Morgan fingerprint density at radius 3 is 2.85 bits per heavy atom. The number of aromatic nitrogens is 3. The summed E-state index contributed by atoms with van der Waals surface area (Å²) < 4.78 is 6.83. The van der Waals surface area contributed by atoms with E-state index >= 15 is 0 Å². The molecule has 0 radical (unpaired) electrons. The molecule has 1 aliphatic rings. The number of nitrogens with zero attached hydrogens (tertiary/aromatic N) is 4. The van der Waals surface area contributed by atoms with E-state index in [2.05, 4.69) is 20.3 Å². The van der Waals surface area contributed by atoms with Gasteiger partial charge in [0.25, 0.3) is 5.56 Å². The second kappa shape index (κ2) is 8.79. The fraction of sp³-hybridized carbons (Fsp3) is 0.667. The van der Waals surface area contributed by atoms with Crippen molar-refractivity contribution < 1.29 is 9.53 Å². The number of carbonyl (C=O) groups excluding carboxylic acids is 1. The van der Waals surface area contributed by atoms with E-state index < -0.39 is 0 Å². The number of rotatable bonds is 7. The Morgan fingerprint density at radius 1 is 1.41 bits per heavy atom. The van der Waals surface area contributed by atoms with Crippen molar-refractivity contribution in [2.45, 2.75) is 46.1 Å². The first kappa shape index (κ1) is 19.8. The quantitative estimate of drug-likeness (QED) is 0.719. The van der Waals surface area contributed by atoms with Gasteiger partial charge < -0.3 is 15.0 Å². The molecule has 0 bridgehead atoms. The third-order valence-corrected chi connectivity index (χ3v) is 5.54. The third-order valence-electron chi connectivity index (χ3n) is 4.57. The van der Waals surface area contributed by atoms with Gasteiger partial charge in [-0.2, -0.15) is 4.52 Å². The number of ether oxygens (including phenoxy) is 1. The molecule has 27 heavy (non-hydrogen) atoms. The Bertz CT molecular complexity index is 839. The molecule has 148 valence electrons. The number of piperidine rings is 1. The van der Waals surface area contributed by atoms with E-state index in [0.717, 1.165) is 37.5 Å². The van der Waals surface area contributed by atoms with Gasteiger partial charge in [-0.25, -0.2) is 4.98 Å². The molecule has 0 saturated carbocycles. The molecule has 0 aliphatic carbocycles. The van der Waals surface area contributed by atoms with Gasteiger partial charge in [0, 0.05) is 43.9 Å². The summed E-state index contributed by atoms with van der Waals surface area (Å²) >= 11 is 1.42. The molecule has 1 N–H and O–H groups in total. The molecule has 1 amide bonds. The van der Waals surface area contributed by atoms with Crippen molar-refractivity contribution in [2.75, 3.05) is 31.1 Å². The minimum atomic E-state index is -0.157. The summed E-state index contributed by atoms with van der Waals surface area (Å²) in [7, 11) is 0. The normalized spacial score (nSPS) is 15.6. The smallest absolute Gasteiger partial charge is 0.275 e. The lowest BCUT2D eigenvalue weighted by molar-refractivity contribution is -0.125. The van der Waals surface area contributed by atoms with E-state index in [1.54, 1.807) is 6.92 Å². The molecule has 0 unspecified atom stereocenters. The van der Waals surface area contributed by atoms with Gasteiger partial charge in [-0.15, -0.1) is 5.10 Å². The van der Waals surface area contributed by atoms with Gasteiger partial charge in [0.15, 0.2) is 0 Å². The first-order valence-corrected chi connectivity index (χ1v) is 10.3. The largest absolute Gasteiger partial charge is 0.379 e. The lowest BCUT2D eigenvalue weighted by Crippen LogP contribution is -2.41. The predicted molar refractivity (Wildman–Crippen MR) is 106 cm³/mol. The van der Waals surface area contributed by atoms with E-state index in [1.807, 2.05) is 13.8 Å². The first-order valence-electron chi connectivity index (χ1n) is 9.46. The minimum Gasteiger partial charge on any atom is -0.379 e. The Labute approximate surface area is 162 Å². The number of anilines is 1. The van der Waals surface area contributed by atoms with Gasteiger partial charge in [-0.1, -0.05) is 11.3 Å². The number of fused-ring (bicyclic) bond motifs is 1. The number of aryl methyl sites for hydroxylation is 1. The zero-order chi connectivity index (χ0) is 19.4. The molecule has 0 spiro atoms. The van der Waals surface area contributed by atoms with Crippen LogP contribution in [-0.2, 0) is 9.53 Å². The van der Waals surface area contributed by atoms with Gasteiger partial charge in [-0.3, -0.25) is 9.59 Å². The van der Waals surface area contributed by atoms with Crippen LogP contribution in [0.1, 0.15) is 38.8 Å². The topological polar surface area (TPSA) is 88.8 Å². The number of nitrogens with one attached hydrogen (secondary N) is 1. The predicted octanol–water partition coefficient (Wildman–Crippen LogP) is 1.61. The lowest BCUT2D eigenvalue weighted by atomic mass is 9.96. The van der Waals surface area contributed by atoms with Crippen LogP contribution in [0.2, 0.25) is 0 Å². The fourth-order valence-corrected chi connectivity index (χ4v) is 4.12. The third kappa shape index (κ3) is 5.04. The molecule has 3 heterocycles. The number of hydrogen-bond acceptors (Lipinski definition) is 7. The SMILES string of the molecule is Cc1cc(=O)n2nc(N3CCC(C(=O)NCCCOC(C)C)CC3)sc2n1. The van der Waals surface area contributed by atoms with Crippen molar-refractivity contribution in [3.05, 3.63) is 22.1 Å². The maximum atomic E-state index is 12.3. The molecule has 3 rings (SSSR count). The van der Waals surface area contributed by atoms with Crippen LogP contribution in [0, 0.1) is 12.8 Å². The molecule has 1 aliphatic heterocycles. The molecule has 2 aromatic rings. The maximum absolute atomic E-state index is 12.3. The molecule has 9 heteroatoms. The number of carbonyl (C=O) groups is 1. The van der Waals surface area contributed by atoms with Crippen LogP contribution in [0.5, 0.6) is 0 Å². The zero-order valence-electron chi connectivity index (χ0n) is 16.1. The van der Waals surface area contributed by atoms with Crippen LogP contribution in [0.15, 0.2) is 10.9 Å². The van der Waals surface area contributed by atoms with Crippen molar-refractivity contribution >= 4 is 27.3 Å². The summed E-state index contributed by atoms with van der Waals surface area (Å²) in [4.78, 5) is 31.4. The van der Waals surface area contributed by atoms with E-state index in [-0.39, 0.29) is 23.5 Å². The summed E-state index contributed by atoms with van der Waals surface area (Å²) in [6.07, 6.45) is 2.62. The van der Waals surface area contributed by atoms with Crippen molar-refractivity contribution in [3.63, 3.8) is 0 Å². The van der Waals surface area contributed by atoms with E-state index in [0.29, 0.717) is 23.8 Å². The highest BCUT2D eigenvalue weighted by atomic mass is 32.1. The van der Waals surface area contributed by atoms with Crippen molar-refractivity contribution in [2.24, 2.45) is 5.92 Å². The number of hydrogen-bond donors (Lipinski definition) is 1. The van der Waals surface area contributed by atoms with Crippen molar-refractivity contribution in [3.8, 4) is 0 Å². The van der Waals surface area contributed by atoms with E-state index in [9.17, 15) is 9.59 Å². The summed E-state index contributed by atoms with van der Waals surface area (Å²) in [5, 5.41) is 8.20. The molecular weight excluding hydrogens is 366 g/mol. The zero-order valence-corrected chi connectivity index (χ0v) is 16.9. The van der Waals surface area contributed by atoms with Crippen molar-refractivity contribution in [1.82, 2.24) is 19.9 Å². The average Bonchev–Trinajstić information content (AvgIpc) is 3.05. The van der Waals surface area contributed by atoms with Gasteiger partial charge in [-0.05, 0) is 40.0 Å². The molecule has 1 fully saturated rings. The summed E-state index contributed by atoms with van der Waals surface area (Å²) in [5.41, 5.74) is 0.542. The van der Waals surface area contributed by atoms with Gasteiger partial charge >= 0.3 is 0 Å². The van der Waals surface area contributed by atoms with Crippen LogP contribution < -0.4 is 15.8 Å². The molecule has 8 nitrogen and oxygen atoms in total. The molecular formula is C18H27N5O3S. The highest BCUT2D eigenvalue weighted by Crippen LogP contribution is 2.26. The lowest BCUT2D eigenvalue weighted by Gasteiger charge is -2.30. The first-order chi connectivity index (χ1) is 12.9. The Balaban J connectivity index is 1.49. The summed E-state index contributed by atoms with van der Waals surface area (Å²) in [6.45, 7) is 8.64. The Kier molecular flexibility index (Phi) is 6.43. The molecule has 2 aromatic heterocycles. The van der Waals surface area contributed by atoms with Crippen LogP contribution in [0.3, 0.4) is 0 Å². The van der Waals surface area contributed by atoms with Crippen LogP contribution in [0.25, 0.3) is 4.96 Å². The highest BCUT2D eigenvalue weighted by molar-refractivity contribution is 7.20. The Hall–Kier alpha value is -2.00. The highest BCUT2D eigenvalue weighted by Gasteiger charge is 2.26. The maximum Gasteiger partial charge on any atom is 0.275 e. The molecule has 1 saturated heterocycles. The van der Waals surface area contributed by atoms with Crippen molar-refractivity contribution in [1.29, 1.82) is 0 Å². The van der Waals surface area contributed by atoms with Crippen LogP contribution in [-0.4, -0.2) is 52.9 Å². The minimum absolute atomic E-state index is 0.0322. The van der Waals surface area contributed by atoms with Gasteiger partial charge in [0.1, 0.15) is 0 Å². The van der Waals surface area contributed by atoms with E-state index in [1.165, 1.54) is 21.9 Å². The summed E-state index contributed by atoms with van der Waals surface area (Å²) in [6, 6.07) is 1.49. The second-order valence-corrected chi connectivity index (χ2v) is 8.07.